The van der Waals surface area contributed by atoms with E-state index in [0.29, 0.717) is 18.4 Å². The van der Waals surface area contributed by atoms with Gasteiger partial charge < -0.3 is 0 Å². The molecule has 0 unspecified atom stereocenters. The van der Waals surface area contributed by atoms with Crippen LogP contribution in [0.3, 0.4) is 0 Å². The fraction of sp³-hybridized carbons (Fsp3) is 0.571. The minimum Gasteiger partial charge on any atom is -0.296 e. The Kier molecular flexibility index (Phi) is 3.05. The minimum atomic E-state index is -2.48. The molecule has 0 saturated heterocycles. The highest BCUT2D eigenvalue weighted by atomic mass is 19.3. The van der Waals surface area contributed by atoms with E-state index in [9.17, 15) is 13.6 Å². The topological polar surface area (TPSA) is 47.8 Å². The number of nitrogens with zero attached hydrogens (tertiary/aromatic N) is 3. The summed E-state index contributed by atoms with van der Waals surface area (Å²) in [5, 5.41) is 6.92. The maximum Gasteiger partial charge on any atom is 0.257 e. The zero-order valence-electron chi connectivity index (χ0n) is 7.07. The predicted molar refractivity (Wildman–Crippen MR) is 40.8 cm³/mol. The number of hydrogen-bond acceptors (Lipinski definition) is 3. The van der Waals surface area contributed by atoms with Crippen LogP contribution in [0.5, 0.6) is 0 Å². The van der Waals surface area contributed by atoms with E-state index in [4.69, 9.17) is 0 Å². The minimum absolute atomic E-state index is 0.142. The lowest BCUT2D eigenvalue weighted by Gasteiger charge is -2.02. The van der Waals surface area contributed by atoms with Crippen LogP contribution in [-0.2, 0) is 13.0 Å². The lowest BCUT2D eigenvalue weighted by molar-refractivity contribution is 0.111. The fourth-order valence-electron chi connectivity index (χ4n) is 1.08. The van der Waals surface area contributed by atoms with Crippen LogP contribution in [-0.4, -0.2) is 27.7 Å². The highest BCUT2D eigenvalue weighted by Gasteiger charge is 2.13. The Morgan fingerprint density at radius 2 is 2.31 bits per heavy atom. The van der Waals surface area contributed by atoms with Crippen molar-refractivity contribution in [3.05, 3.63) is 11.4 Å². The Balaban J connectivity index is 2.93. The number of rotatable bonds is 4. The maximum absolute atomic E-state index is 12.0. The summed E-state index contributed by atoms with van der Waals surface area (Å²) in [5.74, 6) is 0. The lowest BCUT2D eigenvalue weighted by atomic mass is 10.3. The molecular weight excluding hydrogens is 180 g/mol. The number of carbonyl (C=O) groups is 1. The first-order valence-electron chi connectivity index (χ1n) is 3.84. The first-order chi connectivity index (χ1) is 6.19. The zero-order chi connectivity index (χ0) is 9.84. The summed E-state index contributed by atoms with van der Waals surface area (Å²) in [6, 6.07) is 0. The van der Waals surface area contributed by atoms with E-state index in [1.54, 1.807) is 6.92 Å². The molecule has 0 amide bonds. The van der Waals surface area contributed by atoms with Crippen LogP contribution >= 0.6 is 0 Å². The van der Waals surface area contributed by atoms with Gasteiger partial charge in [-0.1, -0.05) is 12.1 Å². The second kappa shape index (κ2) is 4.06. The molecule has 6 heteroatoms. The van der Waals surface area contributed by atoms with E-state index >= 15 is 0 Å². The second-order valence-corrected chi connectivity index (χ2v) is 2.47. The molecule has 13 heavy (non-hydrogen) atoms. The Labute approximate surface area is 73.5 Å². The summed E-state index contributed by atoms with van der Waals surface area (Å²) in [6.07, 6.45) is -1.49. The summed E-state index contributed by atoms with van der Waals surface area (Å²) in [7, 11) is 0. The van der Waals surface area contributed by atoms with Crippen molar-refractivity contribution in [3.8, 4) is 0 Å². The number of alkyl halides is 2. The molecule has 1 aromatic heterocycles. The molecule has 0 aliphatic heterocycles. The maximum atomic E-state index is 12.0. The van der Waals surface area contributed by atoms with Crippen LogP contribution in [0.25, 0.3) is 0 Å². The molecule has 0 fully saturated rings. The molecule has 0 atom stereocenters. The van der Waals surface area contributed by atoms with Crippen molar-refractivity contribution in [2.45, 2.75) is 26.3 Å². The largest absolute Gasteiger partial charge is 0.296 e. The first kappa shape index (κ1) is 9.76. The van der Waals surface area contributed by atoms with Gasteiger partial charge in [-0.25, -0.2) is 13.5 Å². The van der Waals surface area contributed by atoms with Crippen molar-refractivity contribution >= 4 is 6.29 Å². The standard InChI is InChI=1S/C7H9F2N3O/c1-2-6-5(4-13)10-11-12(6)3-7(8)9/h4,7H,2-3H2,1H3. The van der Waals surface area contributed by atoms with E-state index < -0.39 is 13.0 Å². The Bertz CT molecular complexity index is 298. The third kappa shape index (κ3) is 2.07. The number of aromatic nitrogens is 3. The molecule has 0 saturated carbocycles. The normalized spacial score (nSPS) is 10.8. The smallest absolute Gasteiger partial charge is 0.257 e. The van der Waals surface area contributed by atoms with Gasteiger partial charge in [0.15, 0.2) is 6.29 Å². The first-order valence-corrected chi connectivity index (χ1v) is 3.84. The van der Waals surface area contributed by atoms with Crippen molar-refractivity contribution in [2.24, 2.45) is 0 Å². The molecular formula is C7H9F2N3O. The van der Waals surface area contributed by atoms with Crippen LogP contribution in [0.1, 0.15) is 23.1 Å². The van der Waals surface area contributed by atoms with E-state index in [2.05, 4.69) is 10.3 Å². The summed E-state index contributed by atoms with van der Waals surface area (Å²) < 4.78 is 25.0. The SMILES string of the molecule is CCc1c(C=O)nnn1CC(F)F. The van der Waals surface area contributed by atoms with Crippen molar-refractivity contribution in [3.63, 3.8) is 0 Å². The monoisotopic (exact) mass is 189 g/mol. The van der Waals surface area contributed by atoms with E-state index in [1.807, 2.05) is 0 Å². The van der Waals surface area contributed by atoms with Crippen LogP contribution in [0.15, 0.2) is 0 Å². The lowest BCUT2D eigenvalue weighted by Crippen LogP contribution is -2.11. The summed E-state index contributed by atoms with van der Waals surface area (Å²) in [4.78, 5) is 10.4. The van der Waals surface area contributed by atoms with Crippen molar-refractivity contribution in [1.82, 2.24) is 15.0 Å². The molecule has 0 aliphatic carbocycles. The van der Waals surface area contributed by atoms with Gasteiger partial charge >= 0.3 is 0 Å². The van der Waals surface area contributed by atoms with Gasteiger partial charge in [-0.3, -0.25) is 4.79 Å². The van der Waals surface area contributed by atoms with Gasteiger partial charge in [0.1, 0.15) is 12.2 Å². The summed E-state index contributed by atoms with van der Waals surface area (Å²) >= 11 is 0. The van der Waals surface area contributed by atoms with Crippen LogP contribution < -0.4 is 0 Å². The van der Waals surface area contributed by atoms with Gasteiger partial charge in [0.05, 0.1) is 5.69 Å². The number of aldehydes is 1. The van der Waals surface area contributed by atoms with Crippen molar-refractivity contribution in [1.29, 1.82) is 0 Å². The third-order valence-corrected chi connectivity index (χ3v) is 1.63. The van der Waals surface area contributed by atoms with Gasteiger partial charge in [-0.15, -0.1) is 5.10 Å². The molecule has 0 aromatic carbocycles. The van der Waals surface area contributed by atoms with Crippen LogP contribution in [0.2, 0.25) is 0 Å². The molecule has 1 aromatic rings. The molecule has 0 radical (unpaired) electrons. The van der Waals surface area contributed by atoms with Gasteiger partial charge in [0.2, 0.25) is 0 Å². The molecule has 1 rings (SSSR count). The number of hydrogen-bond donors (Lipinski definition) is 0. The van der Waals surface area contributed by atoms with Gasteiger partial charge in [0, 0.05) is 0 Å². The third-order valence-electron chi connectivity index (χ3n) is 1.63. The van der Waals surface area contributed by atoms with Gasteiger partial charge in [-0.05, 0) is 6.42 Å². The Morgan fingerprint density at radius 1 is 1.62 bits per heavy atom. The summed E-state index contributed by atoms with van der Waals surface area (Å²) in [5.41, 5.74) is 0.596. The molecule has 0 aliphatic rings. The number of halogens is 2. The van der Waals surface area contributed by atoms with Crippen molar-refractivity contribution in [2.75, 3.05) is 0 Å². The molecule has 0 bridgehead atoms. The average Bonchev–Trinajstić information content (AvgIpc) is 2.45. The molecule has 0 spiro atoms. The van der Waals surface area contributed by atoms with Crippen LogP contribution in [0.4, 0.5) is 8.78 Å². The predicted octanol–water partition coefficient (Wildman–Crippen LogP) is 0.918. The highest BCUT2D eigenvalue weighted by Crippen LogP contribution is 2.06. The second-order valence-electron chi connectivity index (χ2n) is 2.47. The van der Waals surface area contributed by atoms with Crippen LogP contribution in [0, 0.1) is 0 Å². The number of carbonyl (C=O) groups excluding carboxylic acids is 1. The average molecular weight is 189 g/mol. The van der Waals surface area contributed by atoms with Gasteiger partial charge in [-0.2, -0.15) is 0 Å². The zero-order valence-corrected chi connectivity index (χ0v) is 7.07. The van der Waals surface area contributed by atoms with Crippen molar-refractivity contribution < 1.29 is 13.6 Å². The fourth-order valence-corrected chi connectivity index (χ4v) is 1.08. The summed E-state index contributed by atoms with van der Waals surface area (Å²) in [6.45, 7) is 1.25. The molecule has 72 valence electrons. The molecule has 1 heterocycles. The van der Waals surface area contributed by atoms with Gasteiger partial charge in [0.25, 0.3) is 6.43 Å². The molecule has 0 N–H and O–H groups in total. The highest BCUT2D eigenvalue weighted by molar-refractivity contribution is 5.73. The van der Waals surface area contributed by atoms with E-state index in [-0.39, 0.29) is 5.69 Å². The van der Waals surface area contributed by atoms with E-state index in [0.717, 1.165) is 4.68 Å². The quantitative estimate of drug-likeness (QED) is 0.661. The van der Waals surface area contributed by atoms with E-state index in [1.165, 1.54) is 0 Å². The Morgan fingerprint density at radius 3 is 2.77 bits per heavy atom. The molecule has 4 nitrogen and oxygen atoms in total. The Hall–Kier alpha value is -1.33.